The number of nitrogens with zero attached hydrogens (tertiary/aromatic N) is 1. The molecule has 0 unspecified atom stereocenters. The molecule has 0 saturated heterocycles. The summed E-state index contributed by atoms with van der Waals surface area (Å²) < 4.78 is 0. The van der Waals surface area contributed by atoms with Gasteiger partial charge in [0.05, 0.1) is 5.69 Å². The van der Waals surface area contributed by atoms with Gasteiger partial charge in [-0.15, -0.1) is 0 Å². The van der Waals surface area contributed by atoms with E-state index in [2.05, 4.69) is 18.0 Å². The van der Waals surface area contributed by atoms with Gasteiger partial charge in [-0.25, -0.2) is 4.99 Å². The summed E-state index contributed by atoms with van der Waals surface area (Å²) in [5.74, 6) is 0.935. The summed E-state index contributed by atoms with van der Waals surface area (Å²) in [4.78, 5) is 4.32. The zero-order chi connectivity index (χ0) is 11.3. The van der Waals surface area contributed by atoms with E-state index in [0.29, 0.717) is 11.7 Å². The van der Waals surface area contributed by atoms with Gasteiger partial charge in [0.1, 0.15) is 0 Å². The van der Waals surface area contributed by atoms with Gasteiger partial charge in [0.2, 0.25) is 0 Å². The van der Waals surface area contributed by atoms with Gasteiger partial charge in [-0.2, -0.15) is 0 Å². The quantitative estimate of drug-likeness (QED) is 0.609. The van der Waals surface area contributed by atoms with Crippen LogP contribution in [0.4, 0.5) is 5.69 Å². The Bertz CT molecular complexity index is 361. The lowest BCUT2D eigenvalue weighted by molar-refractivity contribution is 1.06. The van der Waals surface area contributed by atoms with Crippen LogP contribution in [-0.2, 0) is 6.54 Å². The minimum absolute atomic E-state index is 0.533. The van der Waals surface area contributed by atoms with Gasteiger partial charge >= 0.3 is 0 Å². The monoisotopic (exact) mass is 223 g/mol. The average molecular weight is 223 g/mol. The molecule has 4 heteroatoms. The summed E-state index contributed by atoms with van der Waals surface area (Å²) >= 11 is 1.54. The number of aliphatic imine (C=N–C) groups is 1. The van der Waals surface area contributed by atoms with Gasteiger partial charge in [-0.05, 0) is 35.9 Å². The SMILES string of the molecule is CCSC(N)=Nc1cc(C)cc(CN)c1. The van der Waals surface area contributed by atoms with Gasteiger partial charge in [0.25, 0.3) is 0 Å². The second-order valence-electron chi connectivity index (χ2n) is 3.26. The van der Waals surface area contributed by atoms with Crippen LogP contribution in [0.3, 0.4) is 0 Å². The molecule has 15 heavy (non-hydrogen) atoms. The summed E-state index contributed by atoms with van der Waals surface area (Å²) in [5, 5.41) is 0.603. The highest BCUT2D eigenvalue weighted by molar-refractivity contribution is 8.13. The van der Waals surface area contributed by atoms with Gasteiger partial charge < -0.3 is 11.5 Å². The fourth-order valence-electron chi connectivity index (χ4n) is 1.33. The highest BCUT2D eigenvalue weighted by atomic mass is 32.2. The molecule has 0 spiro atoms. The molecule has 0 amide bonds. The van der Waals surface area contributed by atoms with E-state index in [0.717, 1.165) is 22.6 Å². The van der Waals surface area contributed by atoms with Crippen molar-refractivity contribution in [3.8, 4) is 0 Å². The Morgan fingerprint density at radius 3 is 2.73 bits per heavy atom. The molecule has 0 aromatic heterocycles. The molecular weight excluding hydrogens is 206 g/mol. The fourth-order valence-corrected chi connectivity index (χ4v) is 1.80. The lowest BCUT2D eigenvalue weighted by Gasteiger charge is -2.03. The molecule has 0 fully saturated rings. The Balaban J connectivity index is 2.94. The minimum Gasteiger partial charge on any atom is -0.378 e. The van der Waals surface area contributed by atoms with E-state index in [9.17, 15) is 0 Å². The molecule has 0 bridgehead atoms. The van der Waals surface area contributed by atoms with Gasteiger partial charge in [-0.3, -0.25) is 0 Å². The van der Waals surface area contributed by atoms with Crippen LogP contribution in [0.2, 0.25) is 0 Å². The molecular formula is C11H17N3S. The maximum atomic E-state index is 5.74. The molecule has 0 aliphatic heterocycles. The molecule has 0 radical (unpaired) electrons. The maximum absolute atomic E-state index is 5.74. The number of amidine groups is 1. The number of aryl methyl sites for hydroxylation is 1. The van der Waals surface area contributed by atoms with Crippen LogP contribution in [0.5, 0.6) is 0 Å². The normalized spacial score (nSPS) is 11.8. The predicted octanol–water partition coefficient (Wildman–Crippen LogP) is 2.15. The first kappa shape index (κ1) is 12.1. The molecule has 1 aromatic rings. The lowest BCUT2D eigenvalue weighted by Crippen LogP contribution is -2.06. The second-order valence-corrected chi connectivity index (χ2v) is 4.55. The van der Waals surface area contributed by atoms with E-state index in [4.69, 9.17) is 11.5 Å². The Kier molecular flexibility index (Phi) is 4.65. The molecule has 1 rings (SSSR count). The lowest BCUT2D eigenvalue weighted by atomic mass is 10.1. The van der Waals surface area contributed by atoms with E-state index in [-0.39, 0.29) is 0 Å². The summed E-state index contributed by atoms with van der Waals surface area (Å²) in [6, 6.07) is 6.03. The van der Waals surface area contributed by atoms with E-state index < -0.39 is 0 Å². The van der Waals surface area contributed by atoms with Crippen molar-refractivity contribution in [2.75, 3.05) is 5.75 Å². The Morgan fingerprint density at radius 2 is 2.13 bits per heavy atom. The summed E-state index contributed by atoms with van der Waals surface area (Å²) in [5.41, 5.74) is 14.5. The summed E-state index contributed by atoms with van der Waals surface area (Å²) in [6.07, 6.45) is 0. The standard InChI is InChI=1S/C11H17N3S/c1-3-15-11(13)14-10-5-8(2)4-9(6-10)7-12/h4-6H,3,7,12H2,1-2H3,(H2,13,14). The molecule has 0 atom stereocenters. The van der Waals surface area contributed by atoms with Crippen molar-refractivity contribution >= 4 is 22.6 Å². The van der Waals surface area contributed by atoms with Crippen molar-refractivity contribution in [2.45, 2.75) is 20.4 Å². The van der Waals surface area contributed by atoms with Crippen molar-refractivity contribution in [3.05, 3.63) is 29.3 Å². The zero-order valence-corrected chi connectivity index (χ0v) is 9.97. The van der Waals surface area contributed by atoms with Crippen molar-refractivity contribution in [2.24, 2.45) is 16.5 Å². The fraction of sp³-hybridized carbons (Fsp3) is 0.364. The minimum atomic E-state index is 0.533. The van der Waals surface area contributed by atoms with Crippen molar-refractivity contribution in [3.63, 3.8) is 0 Å². The molecule has 4 N–H and O–H groups in total. The van der Waals surface area contributed by atoms with Crippen LogP contribution in [0.25, 0.3) is 0 Å². The third kappa shape index (κ3) is 3.93. The number of hydrogen-bond acceptors (Lipinski definition) is 3. The highest BCUT2D eigenvalue weighted by Crippen LogP contribution is 2.18. The van der Waals surface area contributed by atoms with E-state index in [1.165, 1.54) is 0 Å². The molecule has 0 saturated carbocycles. The smallest absolute Gasteiger partial charge is 0.159 e. The molecule has 3 nitrogen and oxygen atoms in total. The first-order valence-corrected chi connectivity index (χ1v) is 5.92. The molecule has 0 heterocycles. The van der Waals surface area contributed by atoms with Crippen LogP contribution in [0.15, 0.2) is 23.2 Å². The third-order valence-electron chi connectivity index (χ3n) is 1.89. The summed E-state index contributed by atoms with van der Waals surface area (Å²) in [7, 11) is 0. The van der Waals surface area contributed by atoms with Crippen LogP contribution in [0.1, 0.15) is 18.1 Å². The molecule has 82 valence electrons. The predicted molar refractivity (Wildman–Crippen MR) is 68.5 cm³/mol. The van der Waals surface area contributed by atoms with E-state index in [1.807, 2.05) is 19.1 Å². The van der Waals surface area contributed by atoms with Crippen LogP contribution >= 0.6 is 11.8 Å². The topological polar surface area (TPSA) is 64.4 Å². The molecule has 0 aliphatic rings. The first-order valence-electron chi connectivity index (χ1n) is 4.93. The zero-order valence-electron chi connectivity index (χ0n) is 9.16. The highest BCUT2D eigenvalue weighted by Gasteiger charge is 1.97. The first-order chi connectivity index (χ1) is 7.15. The molecule has 0 aliphatic carbocycles. The van der Waals surface area contributed by atoms with Gasteiger partial charge in [0.15, 0.2) is 5.17 Å². The largest absolute Gasteiger partial charge is 0.378 e. The van der Waals surface area contributed by atoms with Gasteiger partial charge in [-0.1, -0.05) is 24.8 Å². The summed E-state index contributed by atoms with van der Waals surface area (Å²) in [6.45, 7) is 4.61. The third-order valence-corrected chi connectivity index (χ3v) is 2.56. The van der Waals surface area contributed by atoms with Crippen LogP contribution in [0, 0.1) is 6.92 Å². The number of thioether (sulfide) groups is 1. The van der Waals surface area contributed by atoms with Crippen molar-refractivity contribution in [1.82, 2.24) is 0 Å². The van der Waals surface area contributed by atoms with E-state index >= 15 is 0 Å². The van der Waals surface area contributed by atoms with Gasteiger partial charge in [0, 0.05) is 6.54 Å². The van der Waals surface area contributed by atoms with Crippen LogP contribution < -0.4 is 11.5 Å². The second kappa shape index (κ2) is 5.78. The van der Waals surface area contributed by atoms with Crippen LogP contribution in [-0.4, -0.2) is 10.9 Å². The average Bonchev–Trinajstić information content (AvgIpc) is 2.17. The Labute approximate surface area is 95.0 Å². The Hall–Kier alpha value is -1.00. The number of benzene rings is 1. The number of rotatable bonds is 3. The van der Waals surface area contributed by atoms with E-state index in [1.54, 1.807) is 11.8 Å². The maximum Gasteiger partial charge on any atom is 0.159 e. The number of nitrogens with two attached hydrogens (primary N) is 2. The van der Waals surface area contributed by atoms with Crippen molar-refractivity contribution < 1.29 is 0 Å². The Morgan fingerprint density at radius 1 is 1.40 bits per heavy atom. The number of hydrogen-bond donors (Lipinski definition) is 2. The molecule has 1 aromatic carbocycles. The van der Waals surface area contributed by atoms with Crippen molar-refractivity contribution in [1.29, 1.82) is 0 Å².